The largest absolute Gasteiger partial charge is 0.463 e. The van der Waals surface area contributed by atoms with Crippen LogP contribution in [0.3, 0.4) is 0 Å². The highest BCUT2D eigenvalue weighted by atomic mass is 16.5. The Morgan fingerprint density at radius 3 is 2.43 bits per heavy atom. The van der Waals surface area contributed by atoms with Crippen molar-refractivity contribution in [2.45, 2.75) is 59.5 Å². The lowest BCUT2D eigenvalue weighted by molar-refractivity contribution is -0.149. The molecule has 0 bridgehead atoms. The van der Waals surface area contributed by atoms with E-state index in [0.717, 1.165) is 12.8 Å². The highest BCUT2D eigenvalue weighted by Crippen LogP contribution is 2.38. The Morgan fingerprint density at radius 2 is 1.93 bits per heavy atom. The minimum Gasteiger partial charge on any atom is -0.463 e. The predicted octanol–water partition coefficient (Wildman–Crippen LogP) is 3.15. The van der Waals surface area contributed by atoms with Crippen molar-refractivity contribution < 1.29 is 9.53 Å². The van der Waals surface area contributed by atoms with Crippen LogP contribution in [0.5, 0.6) is 0 Å². The van der Waals surface area contributed by atoms with Crippen LogP contribution in [0.25, 0.3) is 0 Å². The second-order valence-corrected chi connectivity index (χ2v) is 5.46. The van der Waals surface area contributed by atoms with Crippen LogP contribution in [-0.2, 0) is 9.53 Å². The SMILES string of the molecule is CC(=O)O[C@@H]1CCC[C@@H](C(C)(C)C)C1. The molecule has 0 heterocycles. The average Bonchev–Trinajstić information content (AvgIpc) is 2.01. The van der Waals surface area contributed by atoms with Crippen LogP contribution in [0, 0.1) is 11.3 Å². The van der Waals surface area contributed by atoms with Crippen molar-refractivity contribution in [1.29, 1.82) is 0 Å². The van der Waals surface area contributed by atoms with Gasteiger partial charge in [0.1, 0.15) is 6.10 Å². The number of carbonyl (C=O) groups excluding carboxylic acids is 1. The summed E-state index contributed by atoms with van der Waals surface area (Å²) in [4.78, 5) is 10.8. The monoisotopic (exact) mass is 198 g/mol. The smallest absolute Gasteiger partial charge is 0.302 e. The maximum Gasteiger partial charge on any atom is 0.302 e. The van der Waals surface area contributed by atoms with Crippen molar-refractivity contribution >= 4 is 5.97 Å². The molecule has 1 fully saturated rings. The molecule has 0 saturated heterocycles. The van der Waals surface area contributed by atoms with Gasteiger partial charge in [-0.3, -0.25) is 4.79 Å². The number of rotatable bonds is 1. The molecule has 0 aromatic rings. The molecule has 0 aromatic heterocycles. The molecular formula is C12H22O2. The topological polar surface area (TPSA) is 26.3 Å². The molecule has 1 aliphatic rings. The van der Waals surface area contributed by atoms with E-state index in [1.54, 1.807) is 0 Å². The first-order valence-corrected chi connectivity index (χ1v) is 5.57. The maximum atomic E-state index is 10.8. The van der Waals surface area contributed by atoms with E-state index in [9.17, 15) is 4.79 Å². The van der Waals surface area contributed by atoms with Gasteiger partial charge in [-0.05, 0) is 37.0 Å². The number of carbonyl (C=O) groups is 1. The third-order valence-electron chi connectivity index (χ3n) is 3.18. The molecule has 2 nitrogen and oxygen atoms in total. The second-order valence-electron chi connectivity index (χ2n) is 5.46. The van der Waals surface area contributed by atoms with Crippen LogP contribution in [0.1, 0.15) is 53.4 Å². The third kappa shape index (κ3) is 3.32. The lowest BCUT2D eigenvalue weighted by Gasteiger charge is -2.37. The molecule has 0 amide bonds. The molecule has 0 N–H and O–H groups in total. The fourth-order valence-electron chi connectivity index (χ4n) is 2.27. The van der Waals surface area contributed by atoms with Crippen LogP contribution in [-0.4, -0.2) is 12.1 Å². The summed E-state index contributed by atoms with van der Waals surface area (Å²) in [6.07, 6.45) is 4.74. The summed E-state index contributed by atoms with van der Waals surface area (Å²) in [5, 5.41) is 0. The van der Waals surface area contributed by atoms with E-state index in [0.29, 0.717) is 11.3 Å². The van der Waals surface area contributed by atoms with Crippen molar-refractivity contribution in [3.63, 3.8) is 0 Å². The molecule has 2 heteroatoms. The zero-order chi connectivity index (χ0) is 10.8. The molecule has 82 valence electrons. The van der Waals surface area contributed by atoms with Crippen molar-refractivity contribution in [2.75, 3.05) is 0 Å². The Balaban J connectivity index is 2.48. The van der Waals surface area contributed by atoms with Crippen molar-refractivity contribution in [3.05, 3.63) is 0 Å². The molecule has 0 aliphatic heterocycles. The van der Waals surface area contributed by atoms with Crippen molar-refractivity contribution in [2.24, 2.45) is 11.3 Å². The molecule has 2 atom stereocenters. The minimum absolute atomic E-state index is 0.135. The Bertz CT molecular complexity index is 203. The lowest BCUT2D eigenvalue weighted by Crippen LogP contribution is -2.31. The van der Waals surface area contributed by atoms with Gasteiger partial charge in [0, 0.05) is 6.92 Å². The first-order valence-electron chi connectivity index (χ1n) is 5.57. The Kier molecular flexibility index (Phi) is 3.57. The molecule has 1 aliphatic carbocycles. The van der Waals surface area contributed by atoms with Crippen LogP contribution in [0.15, 0.2) is 0 Å². The number of hydrogen-bond acceptors (Lipinski definition) is 2. The summed E-state index contributed by atoms with van der Waals surface area (Å²) < 4.78 is 5.28. The first-order chi connectivity index (χ1) is 6.39. The van der Waals surface area contributed by atoms with E-state index in [1.807, 2.05) is 0 Å². The molecular weight excluding hydrogens is 176 g/mol. The van der Waals surface area contributed by atoms with E-state index in [-0.39, 0.29) is 12.1 Å². The number of ether oxygens (including phenoxy) is 1. The van der Waals surface area contributed by atoms with Gasteiger partial charge in [-0.15, -0.1) is 0 Å². The first kappa shape index (κ1) is 11.5. The Hall–Kier alpha value is -0.530. The lowest BCUT2D eigenvalue weighted by atomic mass is 9.71. The third-order valence-corrected chi connectivity index (χ3v) is 3.18. The van der Waals surface area contributed by atoms with E-state index in [4.69, 9.17) is 4.74 Å². The van der Waals surface area contributed by atoms with Crippen molar-refractivity contribution in [3.8, 4) is 0 Å². The Labute approximate surface area is 87.0 Å². The van der Waals surface area contributed by atoms with Crippen LogP contribution < -0.4 is 0 Å². The van der Waals surface area contributed by atoms with Crippen LogP contribution in [0.2, 0.25) is 0 Å². The van der Waals surface area contributed by atoms with Gasteiger partial charge in [-0.2, -0.15) is 0 Å². The molecule has 0 spiro atoms. The van der Waals surface area contributed by atoms with E-state index in [1.165, 1.54) is 19.8 Å². The summed E-state index contributed by atoms with van der Waals surface area (Å²) >= 11 is 0. The van der Waals surface area contributed by atoms with Crippen LogP contribution >= 0.6 is 0 Å². The summed E-state index contributed by atoms with van der Waals surface area (Å²) in [7, 11) is 0. The summed E-state index contributed by atoms with van der Waals surface area (Å²) in [6, 6.07) is 0. The molecule has 0 radical (unpaired) electrons. The van der Waals surface area contributed by atoms with Gasteiger partial charge in [0.25, 0.3) is 0 Å². The van der Waals surface area contributed by atoms with Gasteiger partial charge in [-0.1, -0.05) is 20.8 Å². The molecule has 14 heavy (non-hydrogen) atoms. The molecule has 0 unspecified atom stereocenters. The van der Waals surface area contributed by atoms with Gasteiger partial charge in [-0.25, -0.2) is 0 Å². The van der Waals surface area contributed by atoms with E-state index >= 15 is 0 Å². The van der Waals surface area contributed by atoms with Gasteiger partial charge in [0.2, 0.25) is 0 Å². The fourth-order valence-corrected chi connectivity index (χ4v) is 2.27. The normalized spacial score (nSPS) is 28.6. The number of hydrogen-bond donors (Lipinski definition) is 0. The molecule has 1 rings (SSSR count). The zero-order valence-electron chi connectivity index (χ0n) is 9.80. The highest BCUT2D eigenvalue weighted by Gasteiger charge is 2.31. The summed E-state index contributed by atoms with van der Waals surface area (Å²) in [5.74, 6) is 0.560. The second kappa shape index (κ2) is 4.33. The van der Waals surface area contributed by atoms with Gasteiger partial charge < -0.3 is 4.74 Å². The molecule has 1 saturated carbocycles. The van der Waals surface area contributed by atoms with E-state index < -0.39 is 0 Å². The molecule has 0 aromatic carbocycles. The van der Waals surface area contributed by atoms with Gasteiger partial charge >= 0.3 is 5.97 Å². The van der Waals surface area contributed by atoms with E-state index in [2.05, 4.69) is 20.8 Å². The zero-order valence-corrected chi connectivity index (χ0v) is 9.80. The maximum absolute atomic E-state index is 10.8. The van der Waals surface area contributed by atoms with Crippen molar-refractivity contribution in [1.82, 2.24) is 0 Å². The summed E-state index contributed by atoms with van der Waals surface area (Å²) in [6.45, 7) is 8.32. The highest BCUT2D eigenvalue weighted by molar-refractivity contribution is 5.66. The predicted molar refractivity (Wildman–Crippen MR) is 57.0 cm³/mol. The van der Waals surface area contributed by atoms with Gasteiger partial charge in [0.05, 0.1) is 0 Å². The quantitative estimate of drug-likeness (QED) is 0.605. The number of esters is 1. The fraction of sp³-hybridized carbons (Fsp3) is 0.917. The van der Waals surface area contributed by atoms with Crippen LogP contribution in [0.4, 0.5) is 0 Å². The average molecular weight is 198 g/mol. The summed E-state index contributed by atoms with van der Waals surface area (Å²) in [5.41, 5.74) is 0.346. The Morgan fingerprint density at radius 1 is 1.29 bits per heavy atom. The standard InChI is InChI=1S/C12H22O2/c1-9(13)14-11-7-5-6-10(8-11)12(2,3)4/h10-11H,5-8H2,1-4H3/t10-,11-/m1/s1. The van der Waals surface area contributed by atoms with Gasteiger partial charge in [0.15, 0.2) is 0 Å². The minimum atomic E-state index is -0.135.